The van der Waals surface area contributed by atoms with Gasteiger partial charge in [-0.15, -0.1) is 0 Å². The summed E-state index contributed by atoms with van der Waals surface area (Å²) in [5, 5.41) is 0.756. The van der Waals surface area contributed by atoms with Crippen LogP contribution in [0.5, 0.6) is 0 Å². The van der Waals surface area contributed by atoms with Crippen LogP contribution < -0.4 is 0 Å². The molecule has 0 radical (unpaired) electrons. The van der Waals surface area contributed by atoms with Gasteiger partial charge in [0.25, 0.3) is 0 Å². The van der Waals surface area contributed by atoms with Gasteiger partial charge in [0, 0.05) is 16.1 Å². The third-order valence-corrected chi connectivity index (χ3v) is 7.10. The number of fused-ring (bicyclic) bond motifs is 1. The first-order valence-corrected chi connectivity index (χ1v) is 12.7. The number of para-hydroxylation sites is 2. The summed E-state index contributed by atoms with van der Waals surface area (Å²) in [6.45, 7) is 0.558. The van der Waals surface area contributed by atoms with Gasteiger partial charge in [-0.1, -0.05) is 93.7 Å². The van der Waals surface area contributed by atoms with Crippen LogP contribution in [0.1, 0.15) is 27.3 Å². The maximum Gasteiger partial charge on any atom is 0.345 e. The first-order chi connectivity index (χ1) is 17.5. The third kappa shape index (κ3) is 5.09. The van der Waals surface area contributed by atoms with Gasteiger partial charge in [0.05, 0.1) is 33.2 Å². The van der Waals surface area contributed by atoms with Crippen LogP contribution in [0.25, 0.3) is 22.9 Å². The lowest BCUT2D eigenvalue weighted by atomic mass is 10.1. The van der Waals surface area contributed by atoms with Crippen LogP contribution in [0.2, 0.25) is 10.0 Å². The Hall–Kier alpha value is -3.38. The van der Waals surface area contributed by atoms with Gasteiger partial charge in [0.1, 0.15) is 11.6 Å². The van der Waals surface area contributed by atoms with Gasteiger partial charge in [-0.2, -0.15) is 0 Å². The summed E-state index contributed by atoms with van der Waals surface area (Å²) in [5.41, 5.74) is 3.70. The molecule has 0 aliphatic heterocycles. The van der Waals surface area contributed by atoms with E-state index in [0.717, 1.165) is 21.1 Å². The minimum atomic E-state index is -0.583. The molecule has 0 N–H and O–H groups in total. The highest BCUT2D eigenvalue weighted by atomic mass is 79.9. The molecule has 5 aromatic rings. The van der Waals surface area contributed by atoms with E-state index < -0.39 is 5.97 Å². The molecule has 0 bridgehead atoms. The van der Waals surface area contributed by atoms with Crippen LogP contribution in [0, 0.1) is 0 Å². The van der Waals surface area contributed by atoms with Crippen molar-refractivity contribution in [2.45, 2.75) is 6.54 Å². The van der Waals surface area contributed by atoms with Crippen molar-refractivity contribution in [2.24, 2.45) is 0 Å². The number of esters is 1. The summed E-state index contributed by atoms with van der Waals surface area (Å²) in [5.74, 6) is 0.309. The molecule has 0 spiro atoms. The Morgan fingerprint density at radius 3 is 2.17 bits per heavy atom. The lowest BCUT2D eigenvalue weighted by Gasteiger charge is -2.13. The van der Waals surface area contributed by atoms with E-state index in [2.05, 4.69) is 26.6 Å². The molecule has 0 atom stereocenters. The zero-order chi connectivity index (χ0) is 25.1. The molecule has 0 aliphatic rings. The minimum Gasteiger partial charge on any atom is -0.422 e. The number of hydrogen-bond acceptors (Lipinski definition) is 3. The Bertz CT molecular complexity index is 1610. The van der Waals surface area contributed by atoms with Gasteiger partial charge in [-0.3, -0.25) is 0 Å². The maximum atomic E-state index is 13.1. The zero-order valence-electron chi connectivity index (χ0n) is 18.9. The van der Waals surface area contributed by atoms with Crippen LogP contribution in [0.15, 0.2) is 102 Å². The van der Waals surface area contributed by atoms with Crippen LogP contribution >= 0.6 is 39.1 Å². The quantitative estimate of drug-likeness (QED) is 0.150. The standard InChI is InChI=1S/C29H19BrCl2N2O2/c30-22-12-4-1-9-19(22)18-34-26-16-8-7-15-25(26)33-28(34)17-27(20-10-2-5-13-23(20)31)36-29(35)21-11-3-6-14-24(21)32/h1-17H,18H2/b27-17-. The average molecular weight is 578 g/mol. The Balaban J connectivity index is 1.65. The molecule has 4 aromatic carbocycles. The maximum absolute atomic E-state index is 13.1. The lowest BCUT2D eigenvalue weighted by molar-refractivity contribution is 0.0694. The molecule has 36 heavy (non-hydrogen) atoms. The van der Waals surface area contributed by atoms with Crippen molar-refractivity contribution in [3.8, 4) is 0 Å². The number of benzene rings is 4. The van der Waals surface area contributed by atoms with Gasteiger partial charge in [-0.05, 0) is 48.0 Å². The first kappa shape index (κ1) is 24.3. The summed E-state index contributed by atoms with van der Waals surface area (Å²) in [4.78, 5) is 18.0. The molecule has 0 saturated carbocycles. The summed E-state index contributed by atoms with van der Waals surface area (Å²) >= 11 is 16.4. The fourth-order valence-corrected chi connectivity index (χ4v) is 4.74. The fourth-order valence-electron chi connectivity index (χ4n) is 3.89. The second-order valence-electron chi connectivity index (χ2n) is 7.99. The highest BCUT2D eigenvalue weighted by Gasteiger charge is 2.19. The Labute approximate surface area is 226 Å². The van der Waals surface area contributed by atoms with Crippen molar-refractivity contribution in [2.75, 3.05) is 0 Å². The lowest BCUT2D eigenvalue weighted by Crippen LogP contribution is -2.07. The molecule has 0 aliphatic carbocycles. The highest BCUT2D eigenvalue weighted by molar-refractivity contribution is 9.10. The van der Waals surface area contributed by atoms with Gasteiger partial charge in [0.2, 0.25) is 0 Å². The van der Waals surface area contributed by atoms with Crippen LogP contribution in [-0.2, 0) is 11.3 Å². The number of nitrogens with zero attached hydrogens (tertiary/aromatic N) is 2. The molecule has 0 amide bonds. The number of imidazole rings is 1. The average Bonchev–Trinajstić information content (AvgIpc) is 3.22. The number of ether oxygens (including phenoxy) is 1. The van der Waals surface area contributed by atoms with Crippen molar-refractivity contribution in [3.05, 3.63) is 134 Å². The van der Waals surface area contributed by atoms with Gasteiger partial charge >= 0.3 is 5.97 Å². The molecular formula is C29H19BrCl2N2O2. The van der Waals surface area contributed by atoms with Gasteiger partial charge in [0.15, 0.2) is 0 Å². The molecule has 0 fully saturated rings. The van der Waals surface area contributed by atoms with E-state index >= 15 is 0 Å². The van der Waals surface area contributed by atoms with E-state index in [-0.39, 0.29) is 11.3 Å². The molecule has 4 nitrogen and oxygen atoms in total. The van der Waals surface area contributed by atoms with Crippen LogP contribution in [0.3, 0.4) is 0 Å². The smallest absolute Gasteiger partial charge is 0.345 e. The number of carbonyl (C=O) groups is 1. The predicted molar refractivity (Wildman–Crippen MR) is 149 cm³/mol. The summed E-state index contributed by atoms with van der Waals surface area (Å²) in [6, 6.07) is 29.9. The van der Waals surface area contributed by atoms with Crippen molar-refractivity contribution in [3.63, 3.8) is 0 Å². The molecule has 178 valence electrons. The fraction of sp³-hybridized carbons (Fsp3) is 0.0345. The summed E-state index contributed by atoms with van der Waals surface area (Å²) in [6.07, 6.45) is 1.74. The molecule has 5 rings (SSSR count). The topological polar surface area (TPSA) is 44.1 Å². The second-order valence-corrected chi connectivity index (χ2v) is 9.66. The second kappa shape index (κ2) is 10.7. The first-order valence-electron chi connectivity index (χ1n) is 11.1. The molecule has 1 heterocycles. The van der Waals surface area contributed by atoms with E-state index in [0.29, 0.717) is 28.0 Å². The monoisotopic (exact) mass is 576 g/mol. The van der Waals surface area contributed by atoms with E-state index in [1.807, 2.05) is 54.6 Å². The van der Waals surface area contributed by atoms with Crippen LogP contribution in [-0.4, -0.2) is 15.5 Å². The number of carbonyl (C=O) groups excluding carboxylic acids is 1. The Kier molecular flexibility index (Phi) is 7.23. The highest BCUT2D eigenvalue weighted by Crippen LogP contribution is 2.30. The Morgan fingerprint density at radius 2 is 1.44 bits per heavy atom. The SMILES string of the molecule is O=C(O/C(=C\c1nc2ccccc2n1Cc1ccccc1Br)c1ccccc1Cl)c1ccccc1Cl. The Morgan fingerprint density at radius 1 is 0.833 bits per heavy atom. The van der Waals surface area contributed by atoms with E-state index in [4.69, 9.17) is 32.9 Å². The molecule has 7 heteroatoms. The minimum absolute atomic E-state index is 0.263. The van der Waals surface area contributed by atoms with Gasteiger partial charge in [-0.25, -0.2) is 9.78 Å². The number of halogens is 3. The van der Waals surface area contributed by atoms with Crippen molar-refractivity contribution >= 4 is 68.0 Å². The van der Waals surface area contributed by atoms with E-state index in [9.17, 15) is 4.79 Å². The van der Waals surface area contributed by atoms with Crippen LogP contribution in [0.4, 0.5) is 0 Å². The predicted octanol–water partition coefficient (Wildman–Crippen LogP) is 8.51. The number of rotatable bonds is 6. The molecule has 0 saturated heterocycles. The van der Waals surface area contributed by atoms with Crippen molar-refractivity contribution < 1.29 is 9.53 Å². The number of hydrogen-bond donors (Lipinski definition) is 0. The molecule has 0 unspecified atom stereocenters. The molecular weight excluding hydrogens is 559 g/mol. The largest absolute Gasteiger partial charge is 0.422 e. The van der Waals surface area contributed by atoms with Crippen molar-refractivity contribution in [1.82, 2.24) is 9.55 Å². The third-order valence-electron chi connectivity index (χ3n) is 5.67. The number of aromatic nitrogens is 2. The van der Waals surface area contributed by atoms with E-state index in [1.54, 1.807) is 42.5 Å². The molecule has 1 aromatic heterocycles. The summed E-state index contributed by atoms with van der Waals surface area (Å²) < 4.78 is 8.98. The van der Waals surface area contributed by atoms with E-state index in [1.165, 1.54) is 0 Å². The zero-order valence-corrected chi connectivity index (χ0v) is 22.0. The van der Waals surface area contributed by atoms with Gasteiger partial charge < -0.3 is 9.30 Å². The summed E-state index contributed by atoms with van der Waals surface area (Å²) in [7, 11) is 0. The normalized spacial score (nSPS) is 11.6. The van der Waals surface area contributed by atoms with Crippen molar-refractivity contribution in [1.29, 1.82) is 0 Å².